The average Bonchev–Trinajstić information content (AvgIpc) is 3.01. The number of nitrogens with zero attached hydrogens (tertiary/aromatic N) is 2. The fourth-order valence-electron chi connectivity index (χ4n) is 3.35. The van der Waals surface area contributed by atoms with Crippen LogP contribution in [0.25, 0.3) is 22.3 Å². The highest BCUT2D eigenvalue weighted by Gasteiger charge is 2.22. The normalized spacial score (nSPS) is 21.0. The summed E-state index contributed by atoms with van der Waals surface area (Å²) in [5, 5.41) is 4.25. The lowest BCUT2D eigenvalue weighted by Gasteiger charge is -2.29. The first-order chi connectivity index (χ1) is 11.7. The highest BCUT2D eigenvalue weighted by Crippen LogP contribution is 2.26. The third kappa shape index (κ3) is 2.78. The summed E-state index contributed by atoms with van der Waals surface area (Å²) in [5.74, 6) is 0.470. The van der Waals surface area contributed by atoms with Crippen molar-refractivity contribution < 1.29 is 0 Å². The van der Waals surface area contributed by atoms with E-state index in [9.17, 15) is 4.79 Å². The molecule has 0 amide bonds. The molecule has 1 aliphatic rings. The van der Waals surface area contributed by atoms with Gasteiger partial charge in [-0.2, -0.15) is 0 Å². The Morgan fingerprint density at radius 2 is 2.17 bits per heavy atom. The summed E-state index contributed by atoms with van der Waals surface area (Å²) in [5.41, 5.74) is 8.24. The molecular formula is C17H20N6O. The van der Waals surface area contributed by atoms with E-state index >= 15 is 0 Å². The van der Waals surface area contributed by atoms with Crippen molar-refractivity contribution in [2.75, 3.05) is 5.32 Å². The van der Waals surface area contributed by atoms with Crippen LogP contribution in [0.15, 0.2) is 35.4 Å². The molecule has 0 radical (unpaired) electrons. The Bertz CT molecular complexity index is 915. The fourth-order valence-corrected chi connectivity index (χ4v) is 3.35. The molecule has 2 unspecified atom stereocenters. The Morgan fingerprint density at radius 1 is 1.29 bits per heavy atom. The van der Waals surface area contributed by atoms with Gasteiger partial charge in [0.05, 0.1) is 5.69 Å². The number of hydrogen-bond donors (Lipinski definition) is 4. The Kier molecular flexibility index (Phi) is 3.78. The van der Waals surface area contributed by atoms with E-state index in [1.807, 2.05) is 18.3 Å². The standard InChI is InChI=1S/C17H20N6O/c18-12-5-1-2-6-13(12)21-17-22-14(8-15(24)23-17)11-9-20-16-10(11)4-3-7-19-16/h3-4,7-9,12-13H,1-2,5-6,18H2,(H,19,20)(H2,21,22,23,24). The first-order valence-electron chi connectivity index (χ1n) is 8.27. The third-order valence-corrected chi connectivity index (χ3v) is 4.61. The van der Waals surface area contributed by atoms with E-state index in [2.05, 4.69) is 25.3 Å². The van der Waals surface area contributed by atoms with Gasteiger partial charge in [0.25, 0.3) is 5.56 Å². The number of pyridine rings is 1. The van der Waals surface area contributed by atoms with E-state index in [1.54, 1.807) is 6.20 Å². The van der Waals surface area contributed by atoms with Crippen LogP contribution < -0.4 is 16.6 Å². The first kappa shape index (κ1) is 14.9. The molecule has 2 atom stereocenters. The lowest BCUT2D eigenvalue weighted by atomic mass is 9.91. The number of nitrogens with two attached hydrogens (primary N) is 1. The van der Waals surface area contributed by atoms with Gasteiger partial charge < -0.3 is 16.0 Å². The van der Waals surface area contributed by atoms with Crippen molar-refractivity contribution in [1.82, 2.24) is 19.9 Å². The SMILES string of the molecule is NC1CCCCC1Nc1nc(-c2c[nH]c3ncccc23)cc(=O)[nH]1. The third-order valence-electron chi connectivity index (χ3n) is 4.61. The van der Waals surface area contributed by atoms with E-state index in [-0.39, 0.29) is 17.6 Å². The van der Waals surface area contributed by atoms with Crippen LogP contribution in [0.3, 0.4) is 0 Å². The van der Waals surface area contributed by atoms with Crippen molar-refractivity contribution in [2.24, 2.45) is 5.73 Å². The average molecular weight is 324 g/mol. The van der Waals surface area contributed by atoms with Crippen molar-refractivity contribution >= 4 is 17.0 Å². The number of aromatic nitrogens is 4. The van der Waals surface area contributed by atoms with Gasteiger partial charge in [0.1, 0.15) is 5.65 Å². The number of aromatic amines is 2. The molecule has 0 saturated heterocycles. The van der Waals surface area contributed by atoms with E-state index in [0.29, 0.717) is 11.6 Å². The second kappa shape index (κ2) is 6.09. The minimum Gasteiger partial charge on any atom is -0.351 e. The number of fused-ring (bicyclic) bond motifs is 1. The molecule has 24 heavy (non-hydrogen) atoms. The highest BCUT2D eigenvalue weighted by atomic mass is 16.1. The zero-order chi connectivity index (χ0) is 16.5. The number of H-pyrrole nitrogens is 2. The number of nitrogens with one attached hydrogen (secondary N) is 3. The van der Waals surface area contributed by atoms with Crippen molar-refractivity contribution in [3.05, 3.63) is 40.9 Å². The first-order valence-corrected chi connectivity index (χ1v) is 8.27. The summed E-state index contributed by atoms with van der Waals surface area (Å²) < 4.78 is 0. The van der Waals surface area contributed by atoms with Gasteiger partial charge in [0, 0.05) is 41.5 Å². The predicted molar refractivity (Wildman–Crippen MR) is 93.8 cm³/mol. The Balaban J connectivity index is 1.70. The monoisotopic (exact) mass is 324 g/mol. The maximum atomic E-state index is 12.1. The molecule has 1 saturated carbocycles. The van der Waals surface area contributed by atoms with Gasteiger partial charge in [-0.05, 0) is 25.0 Å². The Hall–Kier alpha value is -2.67. The van der Waals surface area contributed by atoms with E-state index in [1.165, 1.54) is 6.07 Å². The lowest BCUT2D eigenvalue weighted by molar-refractivity contribution is 0.402. The number of hydrogen-bond acceptors (Lipinski definition) is 5. The summed E-state index contributed by atoms with van der Waals surface area (Å²) in [7, 11) is 0. The van der Waals surface area contributed by atoms with Gasteiger partial charge in [0.2, 0.25) is 5.95 Å². The second-order valence-electron chi connectivity index (χ2n) is 6.28. The fraction of sp³-hybridized carbons (Fsp3) is 0.353. The van der Waals surface area contributed by atoms with Crippen molar-refractivity contribution in [3.8, 4) is 11.3 Å². The van der Waals surface area contributed by atoms with Gasteiger partial charge in [-0.15, -0.1) is 0 Å². The van der Waals surface area contributed by atoms with Crippen LogP contribution >= 0.6 is 0 Å². The summed E-state index contributed by atoms with van der Waals surface area (Å²) in [6, 6.07) is 5.56. The molecule has 0 bridgehead atoms. The summed E-state index contributed by atoms with van der Waals surface area (Å²) in [6.07, 6.45) is 7.84. The van der Waals surface area contributed by atoms with E-state index in [4.69, 9.17) is 5.73 Å². The van der Waals surface area contributed by atoms with Crippen LogP contribution in [-0.4, -0.2) is 32.0 Å². The number of anilines is 1. The smallest absolute Gasteiger partial charge is 0.252 e. The molecule has 124 valence electrons. The van der Waals surface area contributed by atoms with Gasteiger partial charge >= 0.3 is 0 Å². The zero-order valence-electron chi connectivity index (χ0n) is 13.2. The minimum atomic E-state index is -0.190. The molecule has 1 fully saturated rings. The van der Waals surface area contributed by atoms with Gasteiger partial charge in [-0.3, -0.25) is 9.78 Å². The molecular weight excluding hydrogens is 304 g/mol. The maximum absolute atomic E-state index is 12.1. The Morgan fingerprint density at radius 3 is 3.04 bits per heavy atom. The molecule has 4 rings (SSSR count). The molecule has 5 N–H and O–H groups in total. The maximum Gasteiger partial charge on any atom is 0.252 e. The number of rotatable bonds is 3. The van der Waals surface area contributed by atoms with Gasteiger partial charge in [0.15, 0.2) is 0 Å². The van der Waals surface area contributed by atoms with Crippen molar-refractivity contribution in [3.63, 3.8) is 0 Å². The minimum absolute atomic E-state index is 0.0880. The van der Waals surface area contributed by atoms with Crippen LogP contribution in [0.1, 0.15) is 25.7 Å². The molecule has 7 heteroatoms. The van der Waals surface area contributed by atoms with Crippen LogP contribution in [0.4, 0.5) is 5.95 Å². The van der Waals surface area contributed by atoms with Crippen LogP contribution in [0.2, 0.25) is 0 Å². The molecule has 3 heterocycles. The second-order valence-corrected chi connectivity index (χ2v) is 6.28. The summed E-state index contributed by atoms with van der Waals surface area (Å²) in [4.78, 5) is 26.8. The largest absolute Gasteiger partial charge is 0.351 e. The lowest BCUT2D eigenvalue weighted by Crippen LogP contribution is -2.43. The zero-order valence-corrected chi connectivity index (χ0v) is 13.2. The molecule has 1 aliphatic carbocycles. The molecule has 0 aromatic carbocycles. The van der Waals surface area contributed by atoms with Gasteiger partial charge in [-0.1, -0.05) is 12.8 Å². The summed E-state index contributed by atoms with van der Waals surface area (Å²) in [6.45, 7) is 0. The predicted octanol–water partition coefficient (Wildman–Crippen LogP) is 1.99. The van der Waals surface area contributed by atoms with E-state index in [0.717, 1.165) is 42.3 Å². The van der Waals surface area contributed by atoms with Gasteiger partial charge in [-0.25, -0.2) is 9.97 Å². The molecule has 3 aromatic heterocycles. The van der Waals surface area contributed by atoms with Crippen molar-refractivity contribution in [2.45, 2.75) is 37.8 Å². The van der Waals surface area contributed by atoms with Crippen LogP contribution in [-0.2, 0) is 0 Å². The topological polar surface area (TPSA) is 112 Å². The highest BCUT2D eigenvalue weighted by molar-refractivity contribution is 5.92. The van der Waals surface area contributed by atoms with Crippen molar-refractivity contribution in [1.29, 1.82) is 0 Å². The quantitative estimate of drug-likeness (QED) is 0.588. The van der Waals surface area contributed by atoms with E-state index < -0.39 is 0 Å². The molecule has 3 aromatic rings. The molecule has 0 spiro atoms. The molecule has 0 aliphatic heterocycles. The van der Waals surface area contributed by atoms with Crippen LogP contribution in [0, 0.1) is 0 Å². The Labute approximate surface area is 138 Å². The summed E-state index contributed by atoms with van der Waals surface area (Å²) >= 11 is 0. The molecule has 7 nitrogen and oxygen atoms in total. The van der Waals surface area contributed by atoms with Crippen LogP contribution in [0.5, 0.6) is 0 Å².